The zero-order valence-corrected chi connectivity index (χ0v) is 15.3. The van der Waals surface area contributed by atoms with Crippen LogP contribution in [0.15, 0.2) is 65.2 Å². The molecule has 3 nitrogen and oxygen atoms in total. The third kappa shape index (κ3) is 3.53. The van der Waals surface area contributed by atoms with E-state index in [1.165, 1.54) is 12.1 Å². The number of hydrogen-bond donors (Lipinski definition) is 0. The first-order valence-electron chi connectivity index (χ1n) is 9.01. The molecule has 0 unspecified atom stereocenters. The highest BCUT2D eigenvalue weighted by atomic mass is 19.4. The van der Waals surface area contributed by atoms with Crippen LogP contribution in [-0.2, 0) is 12.6 Å². The number of aromatic nitrogens is 1. The van der Waals surface area contributed by atoms with Crippen LogP contribution in [0.2, 0.25) is 0 Å². The zero-order chi connectivity index (χ0) is 20.6. The van der Waals surface area contributed by atoms with Gasteiger partial charge in [0, 0.05) is 11.1 Å². The maximum atomic E-state index is 13.8. The predicted octanol–water partition coefficient (Wildman–Crippen LogP) is 6.22. The average molecular weight is 395 g/mol. The number of ketones is 1. The Morgan fingerprint density at radius 3 is 2.55 bits per heavy atom. The maximum Gasteiger partial charge on any atom is 0.422 e. The van der Waals surface area contributed by atoms with Crippen LogP contribution >= 0.6 is 0 Å². The standard InChI is InChI=1S/C23H16F3NO2/c1-2-14-8-9-17-13-18(11-10-16(17)12-14)21(28)20-19(23(24,25)26)22(29-27-20)15-6-4-3-5-7-15/h2-9,12-13H,1,10-11H2. The van der Waals surface area contributed by atoms with Gasteiger partial charge in [-0.3, -0.25) is 4.79 Å². The number of fused-ring (bicyclic) bond motifs is 1. The molecule has 1 aliphatic carbocycles. The Labute approximate surface area is 165 Å². The largest absolute Gasteiger partial charge is 0.422 e. The molecule has 29 heavy (non-hydrogen) atoms. The van der Waals surface area contributed by atoms with Gasteiger partial charge in [-0.05, 0) is 35.6 Å². The summed E-state index contributed by atoms with van der Waals surface area (Å²) in [5.41, 5.74) is 1.45. The smallest absolute Gasteiger partial charge is 0.355 e. The highest BCUT2D eigenvalue weighted by Gasteiger charge is 2.43. The van der Waals surface area contributed by atoms with Crippen molar-refractivity contribution in [2.24, 2.45) is 0 Å². The molecule has 1 aliphatic rings. The lowest BCUT2D eigenvalue weighted by atomic mass is 9.87. The lowest BCUT2D eigenvalue weighted by molar-refractivity contribution is -0.137. The molecule has 0 fully saturated rings. The molecule has 0 radical (unpaired) electrons. The molecule has 0 bridgehead atoms. The summed E-state index contributed by atoms with van der Waals surface area (Å²) in [6, 6.07) is 13.5. The van der Waals surface area contributed by atoms with Gasteiger partial charge in [-0.25, -0.2) is 0 Å². The van der Waals surface area contributed by atoms with E-state index >= 15 is 0 Å². The third-order valence-corrected chi connectivity index (χ3v) is 4.91. The van der Waals surface area contributed by atoms with E-state index in [0.29, 0.717) is 12.8 Å². The summed E-state index contributed by atoms with van der Waals surface area (Å²) in [5, 5.41) is 3.52. The van der Waals surface area contributed by atoms with Crippen LogP contribution in [0, 0.1) is 0 Å². The second-order valence-corrected chi connectivity index (χ2v) is 6.76. The zero-order valence-electron chi connectivity index (χ0n) is 15.3. The van der Waals surface area contributed by atoms with Crippen molar-refractivity contribution in [3.8, 4) is 11.3 Å². The Morgan fingerprint density at radius 1 is 1.10 bits per heavy atom. The summed E-state index contributed by atoms with van der Waals surface area (Å²) in [4.78, 5) is 12.9. The molecule has 2 aromatic carbocycles. The molecule has 4 rings (SSSR count). The monoisotopic (exact) mass is 395 g/mol. The molecule has 0 amide bonds. The first-order chi connectivity index (χ1) is 13.9. The van der Waals surface area contributed by atoms with E-state index in [1.807, 2.05) is 18.2 Å². The van der Waals surface area contributed by atoms with E-state index in [9.17, 15) is 18.0 Å². The highest BCUT2D eigenvalue weighted by molar-refractivity contribution is 6.12. The number of nitrogens with zero attached hydrogens (tertiary/aromatic N) is 1. The number of Topliss-reactive ketones (excluding diaryl/α,β-unsaturated/α-hetero) is 1. The average Bonchev–Trinajstić information content (AvgIpc) is 3.19. The summed E-state index contributed by atoms with van der Waals surface area (Å²) in [6.07, 6.45) is -0.537. The van der Waals surface area contributed by atoms with Gasteiger partial charge >= 0.3 is 6.18 Å². The fourth-order valence-corrected chi connectivity index (χ4v) is 3.46. The van der Waals surface area contributed by atoms with Crippen LogP contribution < -0.4 is 0 Å². The number of halogens is 3. The first kappa shape index (κ1) is 18.9. The minimum atomic E-state index is -4.78. The Morgan fingerprint density at radius 2 is 1.86 bits per heavy atom. The summed E-state index contributed by atoms with van der Waals surface area (Å²) in [5.74, 6) is -1.21. The molecule has 3 aromatic rings. The van der Waals surface area contributed by atoms with E-state index in [1.54, 1.807) is 30.4 Å². The number of hydrogen-bond acceptors (Lipinski definition) is 3. The van der Waals surface area contributed by atoms with Gasteiger partial charge in [-0.2, -0.15) is 13.2 Å². The van der Waals surface area contributed by atoms with Crippen molar-refractivity contribution in [2.75, 3.05) is 0 Å². The fraction of sp³-hybridized carbons (Fsp3) is 0.130. The topological polar surface area (TPSA) is 43.1 Å². The number of rotatable bonds is 4. The minimum Gasteiger partial charge on any atom is -0.355 e. The van der Waals surface area contributed by atoms with Gasteiger partial charge < -0.3 is 4.52 Å². The van der Waals surface area contributed by atoms with Gasteiger partial charge in [0.05, 0.1) is 0 Å². The molecule has 0 aliphatic heterocycles. The summed E-state index contributed by atoms with van der Waals surface area (Å²) >= 11 is 0. The van der Waals surface area contributed by atoms with Crippen molar-refractivity contribution in [1.29, 1.82) is 0 Å². The van der Waals surface area contributed by atoms with Gasteiger partial charge in [-0.15, -0.1) is 0 Å². The molecular weight excluding hydrogens is 379 g/mol. The molecule has 1 heterocycles. The molecule has 0 saturated carbocycles. The van der Waals surface area contributed by atoms with Crippen molar-refractivity contribution in [1.82, 2.24) is 5.16 Å². The van der Waals surface area contributed by atoms with Gasteiger partial charge in [0.2, 0.25) is 5.78 Å². The lowest BCUT2D eigenvalue weighted by Crippen LogP contribution is -2.16. The second kappa shape index (κ2) is 7.20. The van der Waals surface area contributed by atoms with Crippen LogP contribution in [-0.4, -0.2) is 10.9 Å². The minimum absolute atomic E-state index is 0.214. The SMILES string of the molecule is C=Cc1ccc2c(c1)CCC(C(=O)c1noc(-c3ccccc3)c1C(F)(F)F)=C2. The van der Waals surface area contributed by atoms with Gasteiger partial charge in [0.15, 0.2) is 11.5 Å². The van der Waals surface area contributed by atoms with Crippen LogP contribution in [0.5, 0.6) is 0 Å². The van der Waals surface area contributed by atoms with Crippen molar-refractivity contribution in [2.45, 2.75) is 19.0 Å². The van der Waals surface area contributed by atoms with E-state index in [-0.39, 0.29) is 11.1 Å². The van der Waals surface area contributed by atoms with Gasteiger partial charge in [-0.1, -0.05) is 66.3 Å². The van der Waals surface area contributed by atoms with Crippen LogP contribution in [0.3, 0.4) is 0 Å². The molecule has 0 saturated heterocycles. The molecule has 0 spiro atoms. The highest BCUT2D eigenvalue weighted by Crippen LogP contribution is 2.41. The summed E-state index contributed by atoms with van der Waals surface area (Å²) in [7, 11) is 0. The number of aryl methyl sites for hydroxylation is 1. The van der Waals surface area contributed by atoms with Crippen LogP contribution in [0.4, 0.5) is 13.2 Å². The Bertz CT molecular complexity index is 1120. The van der Waals surface area contributed by atoms with Gasteiger partial charge in [0.1, 0.15) is 5.56 Å². The Hall–Kier alpha value is -3.41. The molecule has 6 heteroatoms. The fourth-order valence-electron chi connectivity index (χ4n) is 3.46. The van der Waals surface area contributed by atoms with Crippen molar-refractivity contribution < 1.29 is 22.5 Å². The van der Waals surface area contributed by atoms with E-state index in [4.69, 9.17) is 4.52 Å². The summed E-state index contributed by atoms with van der Waals surface area (Å²) < 4.78 is 46.4. The number of benzene rings is 2. The maximum absolute atomic E-state index is 13.8. The van der Waals surface area contributed by atoms with Crippen molar-refractivity contribution >= 4 is 17.9 Å². The van der Waals surface area contributed by atoms with Crippen molar-refractivity contribution in [3.63, 3.8) is 0 Å². The second-order valence-electron chi connectivity index (χ2n) is 6.76. The predicted molar refractivity (Wildman–Crippen MR) is 104 cm³/mol. The number of alkyl halides is 3. The first-order valence-corrected chi connectivity index (χ1v) is 9.01. The molecule has 0 atom stereocenters. The number of allylic oxidation sites excluding steroid dienone is 1. The van der Waals surface area contributed by atoms with Crippen molar-refractivity contribution in [3.05, 3.63) is 88.6 Å². The third-order valence-electron chi connectivity index (χ3n) is 4.91. The normalized spacial score (nSPS) is 13.6. The van der Waals surface area contributed by atoms with E-state index in [2.05, 4.69) is 11.7 Å². The molecule has 146 valence electrons. The molecule has 0 N–H and O–H groups in total. The van der Waals surface area contributed by atoms with E-state index in [0.717, 1.165) is 16.7 Å². The van der Waals surface area contributed by atoms with E-state index < -0.39 is 29.0 Å². The van der Waals surface area contributed by atoms with Gasteiger partial charge in [0.25, 0.3) is 0 Å². The Balaban J connectivity index is 1.77. The number of carbonyl (C=O) groups is 1. The quantitative estimate of drug-likeness (QED) is 0.493. The van der Waals surface area contributed by atoms with Crippen LogP contribution in [0.1, 0.15) is 39.2 Å². The lowest BCUT2D eigenvalue weighted by Gasteiger charge is -2.16. The molecular formula is C23H16F3NO2. The Kier molecular flexibility index (Phi) is 4.70. The number of carbonyl (C=O) groups excluding carboxylic acids is 1. The molecule has 1 aromatic heterocycles. The van der Waals surface area contributed by atoms with Crippen LogP contribution in [0.25, 0.3) is 23.5 Å². The summed E-state index contributed by atoms with van der Waals surface area (Å²) in [6.45, 7) is 3.73.